The molecule has 0 unspecified atom stereocenters. The molecular formula is C26H29N3O8S2. The van der Waals surface area contributed by atoms with Gasteiger partial charge in [0.25, 0.3) is 0 Å². The number of amides is 2. The predicted octanol–water partition coefficient (Wildman–Crippen LogP) is 2.05. The maximum Gasteiger partial charge on any atom is 0.360 e. The number of sulfonamides is 1. The number of ether oxygens (including phenoxy) is 1. The summed E-state index contributed by atoms with van der Waals surface area (Å²) < 4.78 is 39.0. The summed E-state index contributed by atoms with van der Waals surface area (Å²) in [5, 5.41) is 5.21. The van der Waals surface area contributed by atoms with Crippen LogP contribution in [0.25, 0.3) is 11.0 Å². The molecule has 0 aliphatic carbocycles. The fourth-order valence-electron chi connectivity index (χ4n) is 3.74. The molecule has 2 amide bonds. The van der Waals surface area contributed by atoms with Gasteiger partial charge in [-0.15, -0.1) is 0 Å². The number of hydrogen-bond acceptors (Lipinski definition) is 9. The van der Waals surface area contributed by atoms with Gasteiger partial charge in [0.05, 0.1) is 12.0 Å². The molecule has 3 aromatic rings. The molecule has 1 heterocycles. The topological polar surface area (TPSA) is 161 Å². The van der Waals surface area contributed by atoms with Gasteiger partial charge in [0.1, 0.15) is 23.4 Å². The molecule has 2 atom stereocenters. The van der Waals surface area contributed by atoms with Crippen molar-refractivity contribution in [2.24, 2.45) is 0 Å². The molecule has 0 fully saturated rings. The van der Waals surface area contributed by atoms with E-state index in [1.165, 1.54) is 50.1 Å². The van der Waals surface area contributed by atoms with Crippen molar-refractivity contribution in [3.05, 3.63) is 70.6 Å². The Morgan fingerprint density at radius 3 is 2.41 bits per heavy atom. The smallest absolute Gasteiger partial charge is 0.360 e. The Hall–Kier alpha value is -3.68. The summed E-state index contributed by atoms with van der Waals surface area (Å²) in [5.74, 6) is -1.37. The third kappa shape index (κ3) is 8.15. The van der Waals surface area contributed by atoms with E-state index < -0.39 is 45.5 Å². The number of methoxy groups -OCH3 is 1. The van der Waals surface area contributed by atoms with Gasteiger partial charge >= 0.3 is 11.6 Å². The summed E-state index contributed by atoms with van der Waals surface area (Å²) in [7, 11) is -3.03. The number of benzene rings is 2. The SMILES string of the molecule is COC(=O)[C@H](Cc1ccccc1)NC(=O)[C@H](CCSC)NS(=O)(=O)c1ccc2oc(=O)c(NC(C)=O)cc2c1. The summed E-state index contributed by atoms with van der Waals surface area (Å²) in [6, 6.07) is 11.9. The fraction of sp³-hybridized carbons (Fsp3) is 0.308. The van der Waals surface area contributed by atoms with Crippen LogP contribution in [0.4, 0.5) is 5.69 Å². The van der Waals surface area contributed by atoms with Gasteiger partial charge < -0.3 is 19.8 Å². The van der Waals surface area contributed by atoms with Crippen LogP contribution >= 0.6 is 11.8 Å². The highest BCUT2D eigenvalue weighted by atomic mass is 32.2. The van der Waals surface area contributed by atoms with E-state index in [0.717, 1.165) is 5.56 Å². The van der Waals surface area contributed by atoms with Crippen molar-refractivity contribution >= 4 is 56.2 Å². The summed E-state index contributed by atoms with van der Waals surface area (Å²) in [6.45, 7) is 1.22. The van der Waals surface area contributed by atoms with Gasteiger partial charge in [0, 0.05) is 18.7 Å². The lowest BCUT2D eigenvalue weighted by Crippen LogP contribution is -2.52. The first kappa shape index (κ1) is 29.9. The van der Waals surface area contributed by atoms with Crippen molar-refractivity contribution in [1.82, 2.24) is 10.0 Å². The Morgan fingerprint density at radius 1 is 1.05 bits per heavy atom. The van der Waals surface area contributed by atoms with Crippen LogP contribution in [0.15, 0.2) is 68.7 Å². The first-order valence-corrected chi connectivity index (χ1v) is 14.7. The van der Waals surface area contributed by atoms with E-state index in [1.807, 2.05) is 12.3 Å². The molecule has 0 saturated carbocycles. The monoisotopic (exact) mass is 575 g/mol. The summed E-state index contributed by atoms with van der Waals surface area (Å²) in [4.78, 5) is 48.9. The molecule has 0 bridgehead atoms. The molecule has 208 valence electrons. The van der Waals surface area contributed by atoms with E-state index in [9.17, 15) is 27.6 Å². The van der Waals surface area contributed by atoms with E-state index in [2.05, 4.69) is 15.4 Å². The van der Waals surface area contributed by atoms with E-state index in [-0.39, 0.29) is 34.4 Å². The Kier molecular flexibility index (Phi) is 10.3. The second-order valence-electron chi connectivity index (χ2n) is 8.56. The molecule has 0 saturated heterocycles. The highest BCUT2D eigenvalue weighted by molar-refractivity contribution is 7.98. The van der Waals surface area contributed by atoms with Gasteiger partial charge in [-0.05, 0) is 48.3 Å². The molecule has 3 rings (SSSR count). The minimum atomic E-state index is -4.24. The Labute approximate surface area is 229 Å². The molecule has 3 N–H and O–H groups in total. The number of esters is 1. The molecule has 0 spiro atoms. The van der Waals surface area contributed by atoms with Crippen LogP contribution in [0.5, 0.6) is 0 Å². The minimum Gasteiger partial charge on any atom is -0.467 e. The number of carbonyl (C=O) groups excluding carboxylic acids is 3. The van der Waals surface area contributed by atoms with Crippen LogP contribution in [0.1, 0.15) is 18.9 Å². The Morgan fingerprint density at radius 2 is 1.77 bits per heavy atom. The largest absolute Gasteiger partial charge is 0.467 e. The number of hydrogen-bond donors (Lipinski definition) is 3. The Bertz CT molecular complexity index is 1510. The van der Waals surface area contributed by atoms with Crippen LogP contribution < -0.4 is 21.0 Å². The molecule has 0 radical (unpaired) electrons. The zero-order chi connectivity index (χ0) is 28.6. The molecular weight excluding hydrogens is 546 g/mol. The van der Waals surface area contributed by atoms with Crippen molar-refractivity contribution in [2.75, 3.05) is 24.4 Å². The highest BCUT2D eigenvalue weighted by Gasteiger charge is 2.30. The van der Waals surface area contributed by atoms with Gasteiger partial charge in [-0.3, -0.25) is 9.59 Å². The molecule has 2 aromatic carbocycles. The molecule has 0 aliphatic rings. The van der Waals surface area contributed by atoms with Crippen LogP contribution in [0.2, 0.25) is 0 Å². The lowest BCUT2D eigenvalue weighted by atomic mass is 10.1. The van der Waals surface area contributed by atoms with Crippen molar-refractivity contribution in [2.45, 2.75) is 36.7 Å². The maximum absolute atomic E-state index is 13.3. The van der Waals surface area contributed by atoms with E-state index in [0.29, 0.717) is 5.75 Å². The Balaban J connectivity index is 1.87. The third-order valence-electron chi connectivity index (χ3n) is 5.63. The van der Waals surface area contributed by atoms with Crippen LogP contribution in [0, 0.1) is 0 Å². The van der Waals surface area contributed by atoms with Crippen LogP contribution in [0.3, 0.4) is 0 Å². The standard InChI is InChI=1S/C26H29N3O8S2/c1-16(30)27-22-15-18-14-19(9-10-23(18)37-26(22)33)39(34,35)29-20(11-12-38-3)24(31)28-21(25(32)36-2)13-17-7-5-4-6-8-17/h4-10,14-15,20-21,29H,11-13H2,1-3H3,(H,27,30)(H,28,31)/t20-,21-/m0/s1. The zero-order valence-corrected chi connectivity index (χ0v) is 23.2. The number of anilines is 1. The maximum atomic E-state index is 13.3. The van der Waals surface area contributed by atoms with E-state index in [1.54, 1.807) is 24.3 Å². The summed E-state index contributed by atoms with van der Waals surface area (Å²) in [6.07, 6.45) is 2.13. The quantitative estimate of drug-likeness (QED) is 0.217. The summed E-state index contributed by atoms with van der Waals surface area (Å²) in [5.41, 5.74) is -0.0136. The first-order valence-electron chi connectivity index (χ1n) is 11.8. The molecule has 39 heavy (non-hydrogen) atoms. The number of nitrogens with one attached hydrogen (secondary N) is 3. The molecule has 13 heteroatoms. The van der Waals surface area contributed by atoms with Crippen molar-refractivity contribution in [3.63, 3.8) is 0 Å². The van der Waals surface area contributed by atoms with Gasteiger partial charge in [0.2, 0.25) is 21.8 Å². The van der Waals surface area contributed by atoms with Gasteiger partial charge in [0.15, 0.2) is 0 Å². The average Bonchev–Trinajstić information content (AvgIpc) is 2.90. The first-order chi connectivity index (χ1) is 18.5. The number of rotatable bonds is 12. The highest BCUT2D eigenvalue weighted by Crippen LogP contribution is 2.21. The van der Waals surface area contributed by atoms with Gasteiger partial charge in [-0.1, -0.05) is 30.3 Å². The average molecular weight is 576 g/mol. The second-order valence-corrected chi connectivity index (χ2v) is 11.3. The summed E-state index contributed by atoms with van der Waals surface area (Å²) >= 11 is 1.43. The minimum absolute atomic E-state index is 0.117. The van der Waals surface area contributed by atoms with E-state index >= 15 is 0 Å². The number of fused-ring (bicyclic) bond motifs is 1. The fourth-order valence-corrected chi connectivity index (χ4v) is 5.47. The second kappa shape index (κ2) is 13.4. The van der Waals surface area contributed by atoms with Crippen molar-refractivity contribution in [1.29, 1.82) is 0 Å². The predicted molar refractivity (Wildman–Crippen MR) is 148 cm³/mol. The molecule has 11 nitrogen and oxygen atoms in total. The number of carbonyl (C=O) groups is 3. The molecule has 0 aliphatic heterocycles. The zero-order valence-electron chi connectivity index (χ0n) is 21.6. The van der Waals surface area contributed by atoms with Crippen LogP contribution in [-0.2, 0) is 35.6 Å². The normalized spacial score (nSPS) is 12.9. The van der Waals surface area contributed by atoms with Crippen molar-refractivity contribution in [3.8, 4) is 0 Å². The lowest BCUT2D eigenvalue weighted by molar-refractivity contribution is -0.145. The van der Waals surface area contributed by atoms with Gasteiger partial charge in [-0.25, -0.2) is 18.0 Å². The van der Waals surface area contributed by atoms with Gasteiger partial charge in [-0.2, -0.15) is 16.5 Å². The number of thioether (sulfide) groups is 1. The van der Waals surface area contributed by atoms with E-state index in [4.69, 9.17) is 9.15 Å². The van der Waals surface area contributed by atoms with Crippen molar-refractivity contribution < 1.29 is 32.0 Å². The lowest BCUT2D eigenvalue weighted by Gasteiger charge is -2.22. The molecule has 1 aromatic heterocycles. The van der Waals surface area contributed by atoms with Crippen LogP contribution in [-0.4, -0.2) is 57.4 Å². The third-order valence-corrected chi connectivity index (χ3v) is 7.75.